The molecule has 0 radical (unpaired) electrons. The molecular weight excluding hydrogens is 411 g/mol. The molecule has 0 saturated carbocycles. The van der Waals surface area contributed by atoms with Gasteiger partial charge in [-0.3, -0.25) is 0 Å². The molecule has 1 N–H and O–H groups in total. The van der Waals surface area contributed by atoms with Gasteiger partial charge in [-0.1, -0.05) is 0 Å². The van der Waals surface area contributed by atoms with E-state index in [1.807, 2.05) is 20.8 Å². The van der Waals surface area contributed by atoms with Crippen LogP contribution in [0, 0.1) is 26.6 Å². The summed E-state index contributed by atoms with van der Waals surface area (Å²) in [5, 5.41) is 0.788. The van der Waals surface area contributed by atoms with Gasteiger partial charge in [-0.05, 0) is 74.7 Å². The van der Waals surface area contributed by atoms with Crippen LogP contribution in [0.2, 0.25) is 0 Å². The lowest BCUT2D eigenvalue weighted by Crippen LogP contribution is -2.26. The van der Waals surface area contributed by atoms with E-state index in [4.69, 9.17) is 4.74 Å². The van der Waals surface area contributed by atoms with E-state index in [1.165, 1.54) is 30.6 Å². The molecule has 0 bridgehead atoms. The highest BCUT2D eigenvalue weighted by Gasteiger charge is 2.20. The molecule has 29 heavy (non-hydrogen) atoms. The van der Waals surface area contributed by atoms with Gasteiger partial charge in [0.25, 0.3) is 0 Å². The average Bonchev–Trinajstić information content (AvgIpc) is 3.04. The molecule has 1 heterocycles. The highest BCUT2D eigenvalue weighted by Crippen LogP contribution is 2.29. The minimum absolute atomic E-state index is 0.135. The van der Waals surface area contributed by atoms with E-state index in [0.29, 0.717) is 12.2 Å². The molecule has 0 saturated heterocycles. The second-order valence-corrected chi connectivity index (χ2v) is 9.59. The largest absolute Gasteiger partial charge is 0.495 e. The number of ether oxygens (including phenoxy) is 1. The Labute approximate surface area is 174 Å². The summed E-state index contributed by atoms with van der Waals surface area (Å²) < 4.78 is 46.6. The van der Waals surface area contributed by atoms with Crippen molar-refractivity contribution in [3.8, 4) is 16.3 Å². The van der Waals surface area contributed by atoms with Crippen molar-refractivity contribution in [2.45, 2.75) is 32.1 Å². The Balaban J connectivity index is 1.73. The van der Waals surface area contributed by atoms with Crippen molar-refractivity contribution in [1.82, 2.24) is 9.71 Å². The quantitative estimate of drug-likeness (QED) is 0.598. The Kier molecular flexibility index (Phi) is 6.36. The average molecular weight is 435 g/mol. The van der Waals surface area contributed by atoms with Crippen molar-refractivity contribution in [3.63, 3.8) is 0 Å². The SMILES string of the molecule is COc1cc(C)c(C)cc1S(=O)(=O)NCCc1sc(-c2ccc(F)cc2)nc1C. The van der Waals surface area contributed by atoms with Crippen LogP contribution in [0.15, 0.2) is 41.3 Å². The Bertz CT molecular complexity index is 1120. The summed E-state index contributed by atoms with van der Waals surface area (Å²) in [4.78, 5) is 5.65. The number of nitrogens with zero attached hydrogens (tertiary/aromatic N) is 1. The lowest BCUT2D eigenvalue weighted by Gasteiger charge is -2.13. The molecule has 0 fully saturated rings. The third kappa shape index (κ3) is 4.83. The van der Waals surface area contributed by atoms with E-state index in [1.54, 1.807) is 24.3 Å². The standard InChI is InChI=1S/C21H23FN2O3S2/c1-13-11-18(27-4)20(12-14(13)2)29(25,26)23-10-9-19-15(3)24-21(28-19)16-5-7-17(22)8-6-16/h5-8,11-12,23H,9-10H2,1-4H3. The highest BCUT2D eigenvalue weighted by molar-refractivity contribution is 7.89. The van der Waals surface area contributed by atoms with E-state index < -0.39 is 10.0 Å². The molecule has 3 aromatic rings. The molecule has 1 aromatic heterocycles. The number of halogens is 1. The predicted molar refractivity (Wildman–Crippen MR) is 114 cm³/mol. The van der Waals surface area contributed by atoms with Crippen molar-refractivity contribution in [1.29, 1.82) is 0 Å². The predicted octanol–water partition coefficient (Wildman–Crippen LogP) is 4.40. The third-order valence-corrected chi connectivity index (χ3v) is 7.45. The van der Waals surface area contributed by atoms with Crippen molar-refractivity contribution < 1.29 is 17.5 Å². The molecule has 2 aromatic carbocycles. The van der Waals surface area contributed by atoms with Gasteiger partial charge in [0, 0.05) is 17.0 Å². The van der Waals surface area contributed by atoms with Gasteiger partial charge in [-0.15, -0.1) is 11.3 Å². The molecule has 0 aliphatic heterocycles. The molecular formula is C21H23FN2O3S2. The molecule has 3 rings (SSSR count). The van der Waals surface area contributed by atoms with Crippen molar-refractivity contribution in [3.05, 3.63) is 63.9 Å². The second-order valence-electron chi connectivity index (χ2n) is 6.77. The fourth-order valence-corrected chi connectivity index (χ4v) is 5.22. The van der Waals surface area contributed by atoms with Crippen LogP contribution in [0.25, 0.3) is 10.6 Å². The number of hydrogen-bond acceptors (Lipinski definition) is 5. The van der Waals surface area contributed by atoms with Gasteiger partial charge in [-0.2, -0.15) is 0 Å². The zero-order valence-corrected chi connectivity index (χ0v) is 18.4. The fraction of sp³-hybridized carbons (Fsp3) is 0.286. The van der Waals surface area contributed by atoms with Crippen LogP contribution in [-0.4, -0.2) is 27.1 Å². The number of aryl methyl sites for hydroxylation is 3. The molecule has 0 unspecified atom stereocenters. The number of rotatable bonds is 7. The lowest BCUT2D eigenvalue weighted by atomic mass is 10.1. The van der Waals surface area contributed by atoms with Crippen LogP contribution in [0.1, 0.15) is 21.7 Å². The first-order valence-corrected chi connectivity index (χ1v) is 11.4. The lowest BCUT2D eigenvalue weighted by molar-refractivity contribution is 0.402. The molecule has 0 amide bonds. The third-order valence-electron chi connectivity index (χ3n) is 4.70. The Morgan fingerprint density at radius 3 is 2.41 bits per heavy atom. The number of methoxy groups -OCH3 is 1. The number of nitrogens with one attached hydrogen (secondary N) is 1. The van der Waals surface area contributed by atoms with Crippen molar-refractivity contribution >= 4 is 21.4 Å². The van der Waals surface area contributed by atoms with Gasteiger partial charge in [0.05, 0.1) is 12.8 Å². The summed E-state index contributed by atoms with van der Waals surface area (Å²) >= 11 is 1.48. The molecule has 154 valence electrons. The molecule has 0 spiro atoms. The highest BCUT2D eigenvalue weighted by atomic mass is 32.2. The molecule has 0 aliphatic rings. The first-order chi connectivity index (χ1) is 13.7. The molecule has 8 heteroatoms. The van der Waals surface area contributed by atoms with Crippen LogP contribution in [0.5, 0.6) is 5.75 Å². The van der Waals surface area contributed by atoms with Gasteiger partial charge >= 0.3 is 0 Å². The van der Waals surface area contributed by atoms with Gasteiger partial charge < -0.3 is 4.74 Å². The Morgan fingerprint density at radius 2 is 1.76 bits per heavy atom. The molecule has 0 aliphatic carbocycles. The normalized spacial score (nSPS) is 11.6. The maximum atomic E-state index is 13.1. The number of benzene rings is 2. The van der Waals surface area contributed by atoms with Gasteiger partial charge in [0.1, 0.15) is 21.5 Å². The van der Waals surface area contributed by atoms with Crippen LogP contribution in [0.3, 0.4) is 0 Å². The minimum Gasteiger partial charge on any atom is -0.495 e. The maximum absolute atomic E-state index is 13.1. The number of sulfonamides is 1. The van der Waals surface area contributed by atoms with Crippen LogP contribution in [-0.2, 0) is 16.4 Å². The van der Waals surface area contributed by atoms with Crippen molar-refractivity contribution in [2.75, 3.05) is 13.7 Å². The van der Waals surface area contributed by atoms with Crippen LogP contribution < -0.4 is 9.46 Å². The summed E-state index contributed by atoms with van der Waals surface area (Å²) in [6.07, 6.45) is 0.511. The Morgan fingerprint density at radius 1 is 1.10 bits per heavy atom. The molecule has 5 nitrogen and oxygen atoms in total. The zero-order valence-electron chi connectivity index (χ0n) is 16.7. The van der Waals surface area contributed by atoms with Gasteiger partial charge in [0.2, 0.25) is 10.0 Å². The maximum Gasteiger partial charge on any atom is 0.244 e. The van der Waals surface area contributed by atoms with E-state index in [-0.39, 0.29) is 17.3 Å². The summed E-state index contributed by atoms with van der Waals surface area (Å²) in [6, 6.07) is 9.53. The second kappa shape index (κ2) is 8.61. The fourth-order valence-electron chi connectivity index (χ4n) is 2.89. The number of thiazole rings is 1. The first kappa shape index (κ1) is 21.4. The van der Waals surface area contributed by atoms with Crippen LogP contribution in [0.4, 0.5) is 4.39 Å². The summed E-state index contributed by atoms with van der Waals surface area (Å²) in [6.45, 7) is 5.91. The topological polar surface area (TPSA) is 68.3 Å². The smallest absolute Gasteiger partial charge is 0.244 e. The number of aromatic nitrogens is 1. The first-order valence-electron chi connectivity index (χ1n) is 9.08. The monoisotopic (exact) mass is 434 g/mol. The van der Waals surface area contributed by atoms with Gasteiger partial charge in [-0.25, -0.2) is 22.5 Å². The summed E-state index contributed by atoms with van der Waals surface area (Å²) in [5.74, 6) is 0.0339. The van der Waals surface area contributed by atoms with E-state index in [9.17, 15) is 12.8 Å². The Hall–Kier alpha value is -2.29. The van der Waals surface area contributed by atoms with Crippen molar-refractivity contribution in [2.24, 2.45) is 0 Å². The van der Waals surface area contributed by atoms with E-state index >= 15 is 0 Å². The van der Waals surface area contributed by atoms with E-state index in [2.05, 4.69) is 9.71 Å². The summed E-state index contributed by atoms with van der Waals surface area (Å²) in [5.41, 5.74) is 3.53. The van der Waals surface area contributed by atoms with Crippen LogP contribution >= 0.6 is 11.3 Å². The van der Waals surface area contributed by atoms with E-state index in [0.717, 1.165) is 32.3 Å². The minimum atomic E-state index is -3.71. The molecule has 0 atom stereocenters. The number of hydrogen-bond donors (Lipinski definition) is 1. The van der Waals surface area contributed by atoms with Gasteiger partial charge in [0.15, 0.2) is 0 Å². The zero-order chi connectivity index (χ0) is 21.2. The summed E-state index contributed by atoms with van der Waals surface area (Å²) in [7, 11) is -2.25.